The number of benzene rings is 1. The van der Waals surface area contributed by atoms with E-state index in [0.717, 1.165) is 16.2 Å². The highest BCUT2D eigenvalue weighted by Gasteiger charge is 2.15. The number of thioether (sulfide) groups is 1. The number of aliphatic carboxylic acids is 1. The average Bonchev–Trinajstić information content (AvgIpc) is 2.82. The molecule has 0 unspecified atom stereocenters. The number of carbonyl (C=O) groups is 1. The van der Waals surface area contributed by atoms with Crippen molar-refractivity contribution >= 4 is 45.3 Å². The lowest BCUT2D eigenvalue weighted by atomic mass is 10.3. The number of aromatic nitrogens is 3. The van der Waals surface area contributed by atoms with Gasteiger partial charge in [0.25, 0.3) is 0 Å². The molecule has 6 nitrogen and oxygen atoms in total. The van der Waals surface area contributed by atoms with Gasteiger partial charge in [-0.25, -0.2) is 0 Å². The maximum absolute atomic E-state index is 10.6. The zero-order valence-corrected chi connectivity index (χ0v) is 13.1. The molecule has 0 atom stereocenters. The molecule has 0 spiro atoms. The summed E-state index contributed by atoms with van der Waals surface area (Å²) in [7, 11) is 0. The highest BCUT2D eigenvalue weighted by Crippen LogP contribution is 2.28. The third-order valence-corrected chi connectivity index (χ3v) is 4.47. The second kappa shape index (κ2) is 6.57. The van der Waals surface area contributed by atoms with E-state index < -0.39 is 5.97 Å². The molecule has 1 aromatic carbocycles. The van der Waals surface area contributed by atoms with E-state index in [0.29, 0.717) is 21.7 Å². The minimum Gasteiger partial charge on any atom is -0.481 e. The summed E-state index contributed by atoms with van der Waals surface area (Å²) in [6.45, 7) is -0.311. The third-order valence-electron chi connectivity index (χ3n) is 2.33. The molecule has 0 radical (unpaired) electrons. The summed E-state index contributed by atoms with van der Waals surface area (Å²) in [6.07, 6.45) is 0. The summed E-state index contributed by atoms with van der Waals surface area (Å²) in [6, 6.07) is 5.20. The molecular weight excluding hydrogens is 370 g/mol. The van der Waals surface area contributed by atoms with Gasteiger partial charge in [-0.15, -0.1) is 10.2 Å². The molecule has 0 amide bonds. The molecule has 20 heavy (non-hydrogen) atoms. The molecule has 0 aliphatic heterocycles. The molecule has 2 aromatic rings. The Morgan fingerprint density at radius 1 is 1.45 bits per heavy atom. The Hall–Kier alpha value is -1.09. The lowest BCUT2D eigenvalue weighted by Gasteiger charge is -2.09. The van der Waals surface area contributed by atoms with Crippen LogP contribution < -0.4 is 0 Å². The molecule has 2 rings (SSSR count). The molecule has 0 bridgehead atoms. The minimum absolute atomic E-state index is 0.145. The van der Waals surface area contributed by atoms with Gasteiger partial charge in [-0.1, -0.05) is 23.4 Å². The quantitative estimate of drug-likeness (QED) is 0.777. The second-order valence-electron chi connectivity index (χ2n) is 3.67. The number of halogens is 2. The van der Waals surface area contributed by atoms with Crippen molar-refractivity contribution in [3.63, 3.8) is 0 Å². The Labute approximate surface area is 131 Å². The number of hydrogen-bond acceptors (Lipinski definition) is 5. The Morgan fingerprint density at radius 2 is 2.20 bits per heavy atom. The van der Waals surface area contributed by atoms with Crippen LogP contribution in [-0.4, -0.2) is 36.7 Å². The van der Waals surface area contributed by atoms with Crippen LogP contribution in [-0.2, 0) is 11.4 Å². The maximum Gasteiger partial charge on any atom is 0.313 e. The second-order valence-corrected chi connectivity index (χ2v) is 5.88. The minimum atomic E-state index is -0.955. The van der Waals surface area contributed by atoms with Crippen LogP contribution in [0.15, 0.2) is 27.8 Å². The fraction of sp³-hybridized carbons (Fsp3) is 0.182. The molecular formula is C11H9BrClN3O3S. The van der Waals surface area contributed by atoms with Crippen molar-refractivity contribution in [2.45, 2.75) is 11.8 Å². The van der Waals surface area contributed by atoms with Crippen LogP contribution in [0.3, 0.4) is 0 Å². The summed E-state index contributed by atoms with van der Waals surface area (Å²) < 4.78 is 2.31. The number of rotatable bonds is 5. The monoisotopic (exact) mass is 377 g/mol. The standard InChI is InChI=1S/C11H9BrClN3O3S/c12-7-2-1-6(3-8(7)13)16-9(4-17)14-15-11(16)20-5-10(18)19/h1-3,17H,4-5H2,(H,18,19). The first-order chi connectivity index (χ1) is 9.52. The van der Waals surface area contributed by atoms with Crippen molar-refractivity contribution in [1.29, 1.82) is 0 Å². The first-order valence-corrected chi connectivity index (χ1v) is 7.53. The van der Waals surface area contributed by atoms with Crippen molar-refractivity contribution in [1.82, 2.24) is 14.8 Å². The Bertz CT molecular complexity index is 650. The highest BCUT2D eigenvalue weighted by atomic mass is 79.9. The van der Waals surface area contributed by atoms with Crippen molar-refractivity contribution < 1.29 is 15.0 Å². The van der Waals surface area contributed by atoms with Gasteiger partial charge >= 0.3 is 5.97 Å². The van der Waals surface area contributed by atoms with E-state index in [4.69, 9.17) is 16.7 Å². The highest BCUT2D eigenvalue weighted by molar-refractivity contribution is 9.10. The van der Waals surface area contributed by atoms with E-state index in [-0.39, 0.29) is 12.4 Å². The van der Waals surface area contributed by atoms with E-state index in [1.165, 1.54) is 0 Å². The van der Waals surface area contributed by atoms with Crippen LogP contribution in [0.4, 0.5) is 0 Å². The first-order valence-electron chi connectivity index (χ1n) is 5.38. The van der Waals surface area contributed by atoms with E-state index in [1.807, 2.05) is 0 Å². The molecule has 0 aliphatic rings. The smallest absolute Gasteiger partial charge is 0.313 e. The van der Waals surface area contributed by atoms with Gasteiger partial charge in [0.2, 0.25) is 0 Å². The summed E-state index contributed by atoms with van der Waals surface area (Å²) in [5.74, 6) is -0.784. The summed E-state index contributed by atoms with van der Waals surface area (Å²) in [5, 5.41) is 26.6. The van der Waals surface area contributed by atoms with Crippen LogP contribution in [0.25, 0.3) is 5.69 Å². The van der Waals surface area contributed by atoms with Gasteiger partial charge < -0.3 is 10.2 Å². The van der Waals surface area contributed by atoms with E-state index >= 15 is 0 Å². The lowest BCUT2D eigenvalue weighted by Crippen LogP contribution is -2.05. The number of aliphatic hydroxyl groups is 1. The van der Waals surface area contributed by atoms with E-state index in [2.05, 4.69) is 26.1 Å². The van der Waals surface area contributed by atoms with E-state index in [9.17, 15) is 9.90 Å². The lowest BCUT2D eigenvalue weighted by molar-refractivity contribution is -0.133. The number of carboxylic acid groups (broad SMARTS) is 1. The fourth-order valence-corrected chi connectivity index (χ4v) is 2.62. The zero-order valence-electron chi connectivity index (χ0n) is 9.95. The number of hydrogen-bond donors (Lipinski definition) is 2. The SMILES string of the molecule is O=C(O)CSc1nnc(CO)n1-c1ccc(Br)c(Cl)c1. The third kappa shape index (κ3) is 3.32. The maximum atomic E-state index is 10.6. The molecule has 0 aliphatic carbocycles. The number of nitrogens with zero attached hydrogens (tertiary/aromatic N) is 3. The normalized spacial score (nSPS) is 10.8. The van der Waals surface area contributed by atoms with Crippen LogP contribution >= 0.6 is 39.3 Å². The predicted molar refractivity (Wildman–Crippen MR) is 78.4 cm³/mol. The largest absolute Gasteiger partial charge is 0.481 e. The van der Waals surface area contributed by atoms with Gasteiger partial charge in [-0.3, -0.25) is 9.36 Å². The van der Waals surface area contributed by atoms with Gasteiger partial charge in [0.05, 0.1) is 16.5 Å². The molecule has 1 aromatic heterocycles. The molecule has 0 fully saturated rings. The fourth-order valence-electron chi connectivity index (χ4n) is 1.51. The van der Waals surface area contributed by atoms with Crippen LogP contribution in [0.1, 0.15) is 5.82 Å². The Morgan fingerprint density at radius 3 is 2.80 bits per heavy atom. The molecule has 0 saturated carbocycles. The van der Waals surface area contributed by atoms with Crippen LogP contribution in [0.2, 0.25) is 5.02 Å². The predicted octanol–water partition coefficient (Wildman–Crippen LogP) is 2.35. The van der Waals surface area contributed by atoms with Crippen molar-refractivity contribution in [2.75, 3.05) is 5.75 Å². The van der Waals surface area contributed by atoms with Gasteiger partial charge in [-0.2, -0.15) is 0 Å². The zero-order chi connectivity index (χ0) is 14.7. The van der Waals surface area contributed by atoms with Gasteiger partial charge in [0.15, 0.2) is 11.0 Å². The van der Waals surface area contributed by atoms with Crippen molar-refractivity contribution in [3.05, 3.63) is 33.5 Å². The summed E-state index contributed by atoms with van der Waals surface area (Å²) in [5.41, 5.74) is 0.653. The van der Waals surface area contributed by atoms with Crippen LogP contribution in [0, 0.1) is 0 Å². The van der Waals surface area contributed by atoms with Gasteiger partial charge in [0, 0.05) is 4.47 Å². The van der Waals surface area contributed by atoms with Gasteiger partial charge in [0.1, 0.15) is 6.61 Å². The number of aliphatic hydroxyl groups excluding tert-OH is 1. The summed E-state index contributed by atoms with van der Waals surface area (Å²) >= 11 is 10.4. The molecule has 9 heteroatoms. The van der Waals surface area contributed by atoms with E-state index in [1.54, 1.807) is 22.8 Å². The topological polar surface area (TPSA) is 88.2 Å². The van der Waals surface area contributed by atoms with Crippen molar-refractivity contribution in [2.24, 2.45) is 0 Å². The molecule has 1 heterocycles. The average molecular weight is 379 g/mol. The molecule has 106 valence electrons. The van der Waals surface area contributed by atoms with Crippen molar-refractivity contribution in [3.8, 4) is 5.69 Å². The van der Waals surface area contributed by atoms with Gasteiger partial charge in [-0.05, 0) is 34.1 Å². The Kier molecular flexibility index (Phi) is 5.03. The molecule has 0 saturated heterocycles. The Balaban J connectivity index is 2.44. The number of carboxylic acids is 1. The van der Waals surface area contributed by atoms with Crippen LogP contribution in [0.5, 0.6) is 0 Å². The molecule has 2 N–H and O–H groups in total. The summed E-state index contributed by atoms with van der Waals surface area (Å²) in [4.78, 5) is 10.6. The first kappa shape index (κ1) is 15.3.